The van der Waals surface area contributed by atoms with Crippen LogP contribution in [0.5, 0.6) is 0 Å². The Hall–Kier alpha value is -0.910. The first kappa shape index (κ1) is 19.1. The Bertz CT molecular complexity index is 433. The van der Waals surface area contributed by atoms with Crippen LogP contribution in [0, 0.1) is 0 Å². The van der Waals surface area contributed by atoms with Gasteiger partial charge in [-0.15, -0.1) is 0 Å². The molecule has 0 saturated heterocycles. The average molecular weight is 373 g/mol. The summed E-state index contributed by atoms with van der Waals surface area (Å²) in [7, 11) is 0. The number of carbonyl (C=O) groups is 1. The summed E-state index contributed by atoms with van der Waals surface area (Å²) in [5.41, 5.74) is 0.726. The Morgan fingerprint density at radius 3 is 2.09 bits per heavy atom. The molecule has 0 spiro atoms. The lowest BCUT2D eigenvalue weighted by Crippen LogP contribution is -2.18. The van der Waals surface area contributed by atoms with Gasteiger partial charge in [0.15, 0.2) is 0 Å². The van der Waals surface area contributed by atoms with E-state index < -0.39 is 18.2 Å². The average Bonchev–Trinajstić information content (AvgIpc) is 2.49. The number of halogens is 1. The van der Waals surface area contributed by atoms with Crippen LogP contribution in [0.3, 0.4) is 0 Å². The Morgan fingerprint density at radius 1 is 0.955 bits per heavy atom. The summed E-state index contributed by atoms with van der Waals surface area (Å²) < 4.78 is 0.945. The number of benzene rings is 1. The van der Waals surface area contributed by atoms with Crippen molar-refractivity contribution in [3.8, 4) is 0 Å². The smallest absolute Gasteiger partial charge is 0.303 e. The molecule has 3 N–H and O–H groups in total. The molecule has 2 unspecified atom stereocenters. The molecule has 22 heavy (non-hydrogen) atoms. The van der Waals surface area contributed by atoms with E-state index in [2.05, 4.69) is 15.9 Å². The molecule has 0 radical (unpaired) electrons. The fourth-order valence-corrected chi connectivity index (χ4v) is 2.64. The van der Waals surface area contributed by atoms with Gasteiger partial charge in [-0.1, -0.05) is 60.2 Å². The zero-order valence-electron chi connectivity index (χ0n) is 12.7. The van der Waals surface area contributed by atoms with Crippen molar-refractivity contribution in [3.63, 3.8) is 0 Å². The van der Waals surface area contributed by atoms with Crippen LogP contribution in [-0.4, -0.2) is 27.4 Å². The Balaban J connectivity index is 2.11. The molecule has 0 aliphatic rings. The number of aliphatic carboxylic acids is 1. The van der Waals surface area contributed by atoms with Crippen molar-refractivity contribution >= 4 is 21.9 Å². The van der Waals surface area contributed by atoms with Crippen molar-refractivity contribution in [2.45, 2.75) is 63.6 Å². The Morgan fingerprint density at radius 2 is 1.50 bits per heavy atom. The summed E-state index contributed by atoms with van der Waals surface area (Å²) in [6.45, 7) is 0. The van der Waals surface area contributed by atoms with Crippen LogP contribution in [0.2, 0.25) is 0 Å². The first-order valence-corrected chi connectivity index (χ1v) is 8.63. The largest absolute Gasteiger partial charge is 0.481 e. The van der Waals surface area contributed by atoms with Gasteiger partial charge in [0.1, 0.15) is 6.10 Å². The van der Waals surface area contributed by atoms with Gasteiger partial charge >= 0.3 is 5.97 Å². The van der Waals surface area contributed by atoms with Crippen LogP contribution in [0.25, 0.3) is 0 Å². The second kappa shape index (κ2) is 10.8. The van der Waals surface area contributed by atoms with Crippen LogP contribution in [0.15, 0.2) is 28.7 Å². The molecular formula is C17H25BrO4. The number of hydrogen-bond acceptors (Lipinski definition) is 3. The molecule has 4 nitrogen and oxygen atoms in total. The van der Waals surface area contributed by atoms with E-state index in [1.807, 2.05) is 12.1 Å². The normalized spacial score (nSPS) is 13.8. The van der Waals surface area contributed by atoms with Crippen LogP contribution >= 0.6 is 15.9 Å². The molecule has 0 bridgehead atoms. The quantitative estimate of drug-likeness (QED) is 0.512. The highest BCUT2D eigenvalue weighted by molar-refractivity contribution is 9.10. The number of aliphatic hydroxyl groups excluding tert-OH is 2. The van der Waals surface area contributed by atoms with Gasteiger partial charge in [-0.25, -0.2) is 0 Å². The summed E-state index contributed by atoms with van der Waals surface area (Å²) in [5, 5.41) is 28.6. The van der Waals surface area contributed by atoms with Crippen molar-refractivity contribution in [3.05, 3.63) is 34.3 Å². The van der Waals surface area contributed by atoms with E-state index in [1.54, 1.807) is 12.1 Å². The summed E-state index contributed by atoms with van der Waals surface area (Å²) >= 11 is 3.34. The highest BCUT2D eigenvalue weighted by atomic mass is 79.9. The molecule has 0 aromatic heterocycles. The van der Waals surface area contributed by atoms with E-state index in [1.165, 1.54) is 0 Å². The molecule has 1 aromatic carbocycles. The standard InChI is InChI=1S/C17H25BrO4/c18-14-11-9-13(10-12-14)17(22)15(19)7-5-3-1-2-4-6-8-16(20)21/h9-12,15,17,19,22H,1-8H2,(H,20,21). The molecule has 5 heteroatoms. The minimum atomic E-state index is -0.844. The van der Waals surface area contributed by atoms with Crippen molar-refractivity contribution in [1.29, 1.82) is 0 Å². The summed E-state index contributed by atoms with van der Waals surface area (Å²) in [6.07, 6.45) is 4.85. The molecule has 0 aliphatic heterocycles. The predicted octanol–water partition coefficient (Wildman–Crippen LogP) is 4.05. The van der Waals surface area contributed by atoms with E-state index >= 15 is 0 Å². The van der Waals surface area contributed by atoms with E-state index in [-0.39, 0.29) is 6.42 Å². The predicted molar refractivity (Wildman–Crippen MR) is 89.7 cm³/mol. The molecule has 0 saturated carbocycles. The van der Waals surface area contributed by atoms with Crippen LogP contribution in [0.1, 0.15) is 63.0 Å². The third kappa shape index (κ3) is 7.92. The fourth-order valence-electron chi connectivity index (χ4n) is 2.38. The second-order valence-electron chi connectivity index (χ2n) is 5.62. The van der Waals surface area contributed by atoms with Gasteiger partial charge in [0.25, 0.3) is 0 Å². The monoisotopic (exact) mass is 372 g/mol. The highest BCUT2D eigenvalue weighted by Gasteiger charge is 2.17. The van der Waals surface area contributed by atoms with E-state index in [4.69, 9.17) is 5.11 Å². The Kier molecular flexibility index (Phi) is 9.36. The lowest BCUT2D eigenvalue weighted by molar-refractivity contribution is -0.137. The van der Waals surface area contributed by atoms with Gasteiger partial charge in [-0.2, -0.15) is 0 Å². The maximum absolute atomic E-state index is 10.4. The first-order valence-electron chi connectivity index (χ1n) is 7.84. The maximum Gasteiger partial charge on any atom is 0.303 e. The minimum Gasteiger partial charge on any atom is -0.481 e. The van der Waals surface area contributed by atoms with Gasteiger partial charge in [-0.05, 0) is 30.5 Å². The van der Waals surface area contributed by atoms with E-state index in [9.17, 15) is 15.0 Å². The number of aliphatic hydroxyl groups is 2. The van der Waals surface area contributed by atoms with Gasteiger partial charge in [0.05, 0.1) is 6.10 Å². The van der Waals surface area contributed by atoms with Crippen molar-refractivity contribution < 1.29 is 20.1 Å². The topological polar surface area (TPSA) is 77.8 Å². The second-order valence-corrected chi connectivity index (χ2v) is 6.53. The van der Waals surface area contributed by atoms with Crippen molar-refractivity contribution in [2.24, 2.45) is 0 Å². The molecule has 0 heterocycles. The summed E-state index contributed by atoms with van der Waals surface area (Å²) in [5.74, 6) is -0.731. The zero-order chi connectivity index (χ0) is 16.4. The molecule has 0 amide bonds. The van der Waals surface area contributed by atoms with Gasteiger partial charge < -0.3 is 15.3 Å². The third-order valence-corrected chi connectivity index (χ3v) is 4.25. The van der Waals surface area contributed by atoms with Gasteiger partial charge in [0.2, 0.25) is 0 Å². The van der Waals surface area contributed by atoms with Crippen LogP contribution < -0.4 is 0 Å². The first-order chi connectivity index (χ1) is 10.5. The fraction of sp³-hybridized carbons (Fsp3) is 0.588. The molecular weight excluding hydrogens is 348 g/mol. The molecule has 2 atom stereocenters. The lowest BCUT2D eigenvalue weighted by Gasteiger charge is -2.18. The minimum absolute atomic E-state index is 0.248. The van der Waals surface area contributed by atoms with Crippen LogP contribution in [-0.2, 0) is 4.79 Å². The number of carboxylic acids is 1. The molecule has 0 fully saturated rings. The van der Waals surface area contributed by atoms with Crippen LogP contribution in [0.4, 0.5) is 0 Å². The molecule has 124 valence electrons. The summed E-state index contributed by atoms with van der Waals surface area (Å²) in [6, 6.07) is 7.31. The number of rotatable bonds is 11. The SMILES string of the molecule is O=C(O)CCCCCCCCC(O)C(O)c1ccc(Br)cc1. The van der Waals surface area contributed by atoms with Gasteiger partial charge in [0, 0.05) is 10.9 Å². The van der Waals surface area contributed by atoms with Gasteiger partial charge in [-0.3, -0.25) is 4.79 Å². The van der Waals surface area contributed by atoms with Crippen molar-refractivity contribution in [1.82, 2.24) is 0 Å². The van der Waals surface area contributed by atoms with E-state index in [0.29, 0.717) is 6.42 Å². The maximum atomic E-state index is 10.4. The lowest BCUT2D eigenvalue weighted by atomic mass is 9.99. The number of hydrogen-bond donors (Lipinski definition) is 3. The zero-order valence-corrected chi connectivity index (χ0v) is 14.3. The highest BCUT2D eigenvalue weighted by Crippen LogP contribution is 2.22. The molecule has 0 aliphatic carbocycles. The number of carboxylic acid groups (broad SMARTS) is 1. The third-order valence-electron chi connectivity index (χ3n) is 3.72. The van der Waals surface area contributed by atoms with Crippen molar-refractivity contribution in [2.75, 3.05) is 0 Å². The Labute approximate surface area is 140 Å². The number of unbranched alkanes of at least 4 members (excludes halogenated alkanes) is 5. The molecule has 1 rings (SSSR count). The van der Waals surface area contributed by atoms with E-state index in [0.717, 1.165) is 48.6 Å². The molecule has 1 aromatic rings. The summed E-state index contributed by atoms with van der Waals surface area (Å²) in [4.78, 5) is 10.4.